The van der Waals surface area contributed by atoms with E-state index in [1.54, 1.807) is 21.3 Å². The molecule has 0 atom stereocenters. The molecule has 0 aliphatic rings. The van der Waals surface area contributed by atoms with Gasteiger partial charge in [0.1, 0.15) is 11.3 Å². The van der Waals surface area contributed by atoms with Crippen LogP contribution in [0.3, 0.4) is 0 Å². The molecule has 152 valence electrons. The number of aryl methyl sites for hydroxylation is 2. The summed E-state index contributed by atoms with van der Waals surface area (Å²) >= 11 is 0. The maximum Gasteiger partial charge on any atom is 0.350 e. The standard InChI is InChI=1S/C22H22N6O2/c1-13(2)16-5-7-17(8-6-16)19-11-20-21-24-28(12-18-14(3)25-30-15(18)4)22(29)26(21)9-10-27(20)23-19/h5-11,13H,12H2,1-4H3. The van der Waals surface area contributed by atoms with Crippen LogP contribution in [0, 0.1) is 13.8 Å². The lowest BCUT2D eigenvalue weighted by molar-refractivity contribution is 0.391. The van der Waals surface area contributed by atoms with Crippen molar-refractivity contribution >= 4 is 11.2 Å². The number of rotatable bonds is 4. The molecule has 5 rings (SSSR count). The Bertz CT molecular complexity index is 1410. The smallest absolute Gasteiger partial charge is 0.350 e. The van der Waals surface area contributed by atoms with E-state index in [4.69, 9.17) is 4.52 Å². The van der Waals surface area contributed by atoms with Gasteiger partial charge in [0, 0.05) is 23.5 Å². The van der Waals surface area contributed by atoms with Gasteiger partial charge in [-0.25, -0.2) is 18.4 Å². The van der Waals surface area contributed by atoms with Crippen molar-refractivity contribution in [3.8, 4) is 11.3 Å². The molecule has 0 spiro atoms. The van der Waals surface area contributed by atoms with E-state index in [1.165, 1.54) is 10.2 Å². The third-order valence-electron chi connectivity index (χ3n) is 5.55. The first kappa shape index (κ1) is 18.4. The minimum absolute atomic E-state index is 0.212. The van der Waals surface area contributed by atoms with Gasteiger partial charge >= 0.3 is 5.69 Å². The fraction of sp³-hybridized carbons (Fsp3) is 0.273. The summed E-state index contributed by atoms with van der Waals surface area (Å²) in [4.78, 5) is 12.9. The number of aromatic nitrogens is 6. The van der Waals surface area contributed by atoms with Crippen molar-refractivity contribution in [2.75, 3.05) is 0 Å². The summed E-state index contributed by atoms with van der Waals surface area (Å²) in [5, 5.41) is 13.2. The summed E-state index contributed by atoms with van der Waals surface area (Å²) in [6.07, 6.45) is 3.47. The molecule has 8 heteroatoms. The van der Waals surface area contributed by atoms with E-state index >= 15 is 0 Å². The van der Waals surface area contributed by atoms with Crippen molar-refractivity contribution in [1.29, 1.82) is 0 Å². The van der Waals surface area contributed by atoms with Crippen LogP contribution >= 0.6 is 0 Å². The Morgan fingerprint density at radius 1 is 1.07 bits per heavy atom. The largest absolute Gasteiger partial charge is 0.361 e. The molecule has 1 aromatic carbocycles. The molecule has 0 saturated carbocycles. The van der Waals surface area contributed by atoms with Crippen molar-refractivity contribution in [2.45, 2.75) is 40.2 Å². The average molecular weight is 402 g/mol. The van der Waals surface area contributed by atoms with Gasteiger partial charge in [-0.1, -0.05) is 43.3 Å². The lowest BCUT2D eigenvalue weighted by Gasteiger charge is -2.05. The third kappa shape index (κ3) is 2.83. The summed E-state index contributed by atoms with van der Waals surface area (Å²) in [6, 6.07) is 10.4. The van der Waals surface area contributed by atoms with Gasteiger partial charge in [-0.3, -0.25) is 0 Å². The number of benzene rings is 1. The SMILES string of the molecule is Cc1noc(C)c1Cn1nc2c3cc(-c4ccc(C(C)C)cc4)nn3ccn2c1=O. The molecule has 0 bridgehead atoms. The van der Waals surface area contributed by atoms with E-state index in [9.17, 15) is 4.79 Å². The van der Waals surface area contributed by atoms with Crippen LogP contribution in [0.2, 0.25) is 0 Å². The Balaban J connectivity index is 1.60. The molecule has 0 radical (unpaired) electrons. The average Bonchev–Trinajstić information content (AvgIpc) is 3.40. The number of hydrogen-bond donors (Lipinski definition) is 0. The highest BCUT2D eigenvalue weighted by atomic mass is 16.5. The van der Waals surface area contributed by atoms with Gasteiger partial charge in [-0.05, 0) is 31.4 Å². The van der Waals surface area contributed by atoms with Gasteiger partial charge in [-0.15, -0.1) is 5.10 Å². The monoisotopic (exact) mass is 402 g/mol. The van der Waals surface area contributed by atoms with Crippen LogP contribution in [0.15, 0.2) is 52.0 Å². The minimum Gasteiger partial charge on any atom is -0.361 e. The van der Waals surface area contributed by atoms with Crippen LogP contribution in [0.4, 0.5) is 0 Å². The van der Waals surface area contributed by atoms with E-state index in [0.29, 0.717) is 23.9 Å². The molecule has 0 unspecified atom stereocenters. The third-order valence-corrected chi connectivity index (χ3v) is 5.55. The molecule has 4 aromatic heterocycles. The lowest BCUT2D eigenvalue weighted by atomic mass is 10.0. The van der Waals surface area contributed by atoms with Gasteiger partial charge in [0.2, 0.25) is 0 Å². The summed E-state index contributed by atoms with van der Waals surface area (Å²) in [7, 11) is 0. The van der Waals surface area contributed by atoms with Crippen LogP contribution in [0.5, 0.6) is 0 Å². The lowest BCUT2D eigenvalue weighted by Crippen LogP contribution is -2.22. The molecule has 0 amide bonds. The fourth-order valence-corrected chi connectivity index (χ4v) is 3.69. The van der Waals surface area contributed by atoms with Crippen LogP contribution in [-0.4, -0.2) is 29.0 Å². The molecule has 8 nitrogen and oxygen atoms in total. The Labute approximate surface area is 172 Å². The van der Waals surface area contributed by atoms with Crippen molar-refractivity contribution in [2.24, 2.45) is 0 Å². The van der Waals surface area contributed by atoms with Crippen molar-refractivity contribution in [3.05, 3.63) is 75.8 Å². The quantitative estimate of drug-likeness (QED) is 0.459. The Morgan fingerprint density at radius 2 is 1.83 bits per heavy atom. The van der Waals surface area contributed by atoms with Crippen LogP contribution in [-0.2, 0) is 6.54 Å². The maximum atomic E-state index is 12.9. The second kappa shape index (κ2) is 6.69. The molecular weight excluding hydrogens is 380 g/mol. The molecule has 0 fully saturated rings. The Hall–Kier alpha value is -3.68. The molecular formula is C22H22N6O2. The summed E-state index contributed by atoms with van der Waals surface area (Å²) in [6.45, 7) is 8.35. The van der Waals surface area contributed by atoms with Gasteiger partial charge in [0.25, 0.3) is 0 Å². The molecule has 0 N–H and O–H groups in total. The van der Waals surface area contributed by atoms with Gasteiger partial charge in [0.15, 0.2) is 5.65 Å². The van der Waals surface area contributed by atoms with E-state index < -0.39 is 0 Å². The zero-order chi connectivity index (χ0) is 21.0. The van der Waals surface area contributed by atoms with E-state index in [1.807, 2.05) is 19.9 Å². The number of nitrogens with zero attached hydrogens (tertiary/aromatic N) is 6. The molecule has 0 aliphatic carbocycles. The Kier molecular flexibility index (Phi) is 4.09. The van der Waals surface area contributed by atoms with E-state index in [0.717, 1.165) is 28.0 Å². The number of hydrogen-bond acceptors (Lipinski definition) is 5. The topological polar surface area (TPSA) is 82.6 Å². The zero-order valence-corrected chi connectivity index (χ0v) is 17.3. The zero-order valence-electron chi connectivity index (χ0n) is 17.3. The van der Waals surface area contributed by atoms with E-state index in [2.05, 4.69) is 53.5 Å². The molecule has 0 aliphatic heterocycles. The molecule has 5 aromatic rings. The summed E-state index contributed by atoms with van der Waals surface area (Å²) < 4.78 is 9.95. The van der Waals surface area contributed by atoms with Crippen LogP contribution < -0.4 is 5.69 Å². The first-order valence-corrected chi connectivity index (χ1v) is 9.92. The number of fused-ring (bicyclic) bond motifs is 3. The molecule has 30 heavy (non-hydrogen) atoms. The van der Waals surface area contributed by atoms with Gasteiger partial charge in [0.05, 0.1) is 17.9 Å². The van der Waals surface area contributed by atoms with Crippen molar-refractivity contribution in [1.82, 2.24) is 29.0 Å². The second-order valence-electron chi connectivity index (χ2n) is 7.87. The summed E-state index contributed by atoms with van der Waals surface area (Å²) in [5.74, 6) is 1.17. The van der Waals surface area contributed by atoms with E-state index in [-0.39, 0.29) is 5.69 Å². The highest BCUT2D eigenvalue weighted by Crippen LogP contribution is 2.24. The Morgan fingerprint density at radius 3 is 2.50 bits per heavy atom. The molecule has 0 saturated heterocycles. The van der Waals surface area contributed by atoms with Crippen molar-refractivity contribution in [3.63, 3.8) is 0 Å². The van der Waals surface area contributed by atoms with Crippen molar-refractivity contribution < 1.29 is 4.52 Å². The highest BCUT2D eigenvalue weighted by molar-refractivity contribution is 5.76. The normalized spacial score (nSPS) is 11.9. The predicted molar refractivity (Wildman–Crippen MR) is 113 cm³/mol. The predicted octanol–water partition coefficient (Wildman–Crippen LogP) is 3.59. The second-order valence-corrected chi connectivity index (χ2v) is 7.87. The van der Waals surface area contributed by atoms with Gasteiger partial charge < -0.3 is 4.52 Å². The first-order chi connectivity index (χ1) is 14.4. The van der Waals surface area contributed by atoms with Crippen LogP contribution in [0.25, 0.3) is 22.4 Å². The first-order valence-electron chi connectivity index (χ1n) is 9.92. The van der Waals surface area contributed by atoms with Gasteiger partial charge in [-0.2, -0.15) is 5.10 Å². The minimum atomic E-state index is -0.212. The summed E-state index contributed by atoms with van der Waals surface area (Å²) in [5.41, 5.74) is 5.91. The van der Waals surface area contributed by atoms with Crippen LogP contribution in [0.1, 0.15) is 42.3 Å². The highest BCUT2D eigenvalue weighted by Gasteiger charge is 2.16. The molecule has 4 heterocycles. The maximum absolute atomic E-state index is 12.9. The fourth-order valence-electron chi connectivity index (χ4n) is 3.69.